The predicted octanol–water partition coefficient (Wildman–Crippen LogP) is 5.64. The van der Waals surface area contributed by atoms with E-state index in [0.29, 0.717) is 0 Å². The molecule has 0 radical (unpaired) electrons. The first-order chi connectivity index (χ1) is 12.3. The molecule has 2 aromatic carbocycles. The maximum absolute atomic E-state index is 14.6. The summed E-state index contributed by atoms with van der Waals surface area (Å²) in [4.78, 5) is 0. The van der Waals surface area contributed by atoms with Gasteiger partial charge < -0.3 is 9.30 Å². The Morgan fingerprint density at radius 3 is 1.85 bits per heavy atom. The molecular formula is C23H29O2P. The van der Waals surface area contributed by atoms with Gasteiger partial charge in [-0.15, -0.1) is 0 Å². The second-order valence-corrected chi connectivity index (χ2v) is 10.6. The van der Waals surface area contributed by atoms with Crippen molar-refractivity contribution < 1.29 is 9.30 Å². The molecule has 0 amide bonds. The largest absolute Gasteiger partial charge is 0.360 e. The SMILES string of the molecule is CCCCC1(C)C=C(P(=O)(c2ccccc2)c2ccccc2)C(C)(C)O1. The quantitative estimate of drug-likeness (QED) is 0.617. The fourth-order valence-electron chi connectivity index (χ4n) is 3.95. The van der Waals surface area contributed by atoms with Crippen molar-refractivity contribution in [3.8, 4) is 0 Å². The summed E-state index contributed by atoms with van der Waals surface area (Å²) in [6.07, 6.45) is 5.32. The van der Waals surface area contributed by atoms with Gasteiger partial charge in [0, 0.05) is 15.9 Å². The van der Waals surface area contributed by atoms with E-state index in [1.54, 1.807) is 0 Å². The van der Waals surface area contributed by atoms with Crippen LogP contribution in [0.2, 0.25) is 0 Å². The third-order valence-electron chi connectivity index (χ3n) is 5.15. The van der Waals surface area contributed by atoms with Crippen LogP contribution in [0.5, 0.6) is 0 Å². The number of benzene rings is 2. The van der Waals surface area contributed by atoms with Gasteiger partial charge in [-0.3, -0.25) is 0 Å². The van der Waals surface area contributed by atoms with Gasteiger partial charge in [0.15, 0.2) is 7.14 Å². The van der Waals surface area contributed by atoms with E-state index in [9.17, 15) is 4.57 Å². The Labute approximate surface area is 157 Å². The van der Waals surface area contributed by atoms with E-state index in [-0.39, 0.29) is 5.60 Å². The molecule has 26 heavy (non-hydrogen) atoms. The van der Waals surface area contributed by atoms with Gasteiger partial charge in [-0.25, -0.2) is 0 Å². The smallest absolute Gasteiger partial charge is 0.169 e. The first-order valence-electron chi connectivity index (χ1n) is 9.47. The van der Waals surface area contributed by atoms with Crippen LogP contribution in [0.1, 0.15) is 47.0 Å². The Bertz CT molecular complexity index is 780. The van der Waals surface area contributed by atoms with Crippen LogP contribution >= 0.6 is 7.14 Å². The van der Waals surface area contributed by atoms with Gasteiger partial charge in [-0.1, -0.05) is 80.4 Å². The monoisotopic (exact) mass is 368 g/mol. The number of unbranched alkanes of at least 4 members (excludes halogenated alkanes) is 1. The van der Waals surface area contributed by atoms with Crippen molar-refractivity contribution in [2.24, 2.45) is 0 Å². The van der Waals surface area contributed by atoms with Crippen LogP contribution in [-0.4, -0.2) is 11.2 Å². The molecule has 3 rings (SSSR count). The van der Waals surface area contributed by atoms with Crippen molar-refractivity contribution in [3.63, 3.8) is 0 Å². The van der Waals surface area contributed by atoms with Crippen molar-refractivity contribution >= 4 is 17.8 Å². The predicted molar refractivity (Wildman–Crippen MR) is 111 cm³/mol. The van der Waals surface area contributed by atoms with Crippen molar-refractivity contribution in [2.45, 2.75) is 58.2 Å². The lowest BCUT2D eigenvalue weighted by Gasteiger charge is -2.32. The minimum atomic E-state index is -2.97. The molecule has 0 spiro atoms. The Morgan fingerprint density at radius 2 is 1.38 bits per heavy atom. The number of ether oxygens (including phenoxy) is 1. The highest BCUT2D eigenvalue weighted by Gasteiger charge is 2.49. The summed E-state index contributed by atoms with van der Waals surface area (Å²) in [6.45, 7) is 8.41. The van der Waals surface area contributed by atoms with E-state index in [4.69, 9.17) is 4.74 Å². The lowest BCUT2D eigenvalue weighted by molar-refractivity contribution is -0.0653. The van der Waals surface area contributed by atoms with Crippen LogP contribution in [0.25, 0.3) is 0 Å². The van der Waals surface area contributed by atoms with Crippen LogP contribution in [0, 0.1) is 0 Å². The topological polar surface area (TPSA) is 26.3 Å². The van der Waals surface area contributed by atoms with Gasteiger partial charge >= 0.3 is 0 Å². The molecule has 0 N–H and O–H groups in total. The van der Waals surface area contributed by atoms with Gasteiger partial charge in [0.05, 0.1) is 11.2 Å². The van der Waals surface area contributed by atoms with E-state index in [1.165, 1.54) is 0 Å². The molecule has 0 bridgehead atoms. The third-order valence-corrected chi connectivity index (χ3v) is 8.55. The maximum atomic E-state index is 14.6. The van der Waals surface area contributed by atoms with Gasteiger partial charge in [0.25, 0.3) is 0 Å². The molecule has 1 heterocycles. The molecule has 1 aliphatic heterocycles. The minimum Gasteiger partial charge on any atom is -0.360 e. The average molecular weight is 368 g/mol. The number of rotatable bonds is 6. The van der Waals surface area contributed by atoms with E-state index < -0.39 is 12.7 Å². The van der Waals surface area contributed by atoms with E-state index in [2.05, 4.69) is 33.8 Å². The standard InChI is InChI=1S/C23H29O2P/c1-5-6-17-23(4)18-21(22(2,3)25-23)26(24,19-13-9-7-10-14-19)20-15-11-8-12-16-20/h7-16,18H,5-6,17H2,1-4H3. The van der Waals surface area contributed by atoms with Crippen LogP contribution < -0.4 is 10.6 Å². The van der Waals surface area contributed by atoms with Crippen LogP contribution in [-0.2, 0) is 9.30 Å². The summed E-state index contributed by atoms with van der Waals surface area (Å²) in [5, 5.41) is 2.66. The molecule has 0 saturated heterocycles. The second-order valence-electron chi connectivity index (χ2n) is 7.84. The summed E-state index contributed by atoms with van der Waals surface area (Å²) in [7, 11) is -2.97. The summed E-state index contributed by atoms with van der Waals surface area (Å²) >= 11 is 0. The fourth-order valence-corrected chi connectivity index (χ4v) is 7.25. The van der Waals surface area contributed by atoms with Crippen LogP contribution in [0.3, 0.4) is 0 Å². The minimum absolute atomic E-state index is 0.367. The molecule has 0 aliphatic carbocycles. The molecule has 3 heteroatoms. The Balaban J connectivity index is 2.19. The second kappa shape index (κ2) is 7.18. The summed E-state index contributed by atoms with van der Waals surface area (Å²) in [5.41, 5.74) is -0.933. The molecule has 2 nitrogen and oxygen atoms in total. The average Bonchev–Trinajstić information content (AvgIpc) is 2.90. The molecule has 0 aromatic heterocycles. The maximum Gasteiger partial charge on any atom is 0.169 e. The normalized spacial score (nSPS) is 22.2. The molecule has 1 aliphatic rings. The summed E-state index contributed by atoms with van der Waals surface area (Å²) in [6, 6.07) is 19.7. The highest BCUT2D eigenvalue weighted by molar-refractivity contribution is 7.82. The lowest BCUT2D eigenvalue weighted by atomic mass is 10.00. The number of hydrogen-bond acceptors (Lipinski definition) is 2. The first-order valence-corrected chi connectivity index (χ1v) is 11.2. The van der Waals surface area contributed by atoms with Gasteiger partial charge in [-0.2, -0.15) is 0 Å². The van der Waals surface area contributed by atoms with E-state index >= 15 is 0 Å². The van der Waals surface area contributed by atoms with Crippen LogP contribution in [0.15, 0.2) is 72.1 Å². The Kier molecular flexibility index (Phi) is 5.28. The fraction of sp³-hybridized carbons (Fsp3) is 0.391. The van der Waals surface area contributed by atoms with Gasteiger partial charge in [-0.05, 0) is 33.3 Å². The first kappa shape index (κ1) is 19.1. The lowest BCUT2D eigenvalue weighted by Crippen LogP contribution is -2.33. The zero-order chi connectivity index (χ0) is 18.8. The van der Waals surface area contributed by atoms with E-state index in [1.807, 2.05) is 60.7 Å². The van der Waals surface area contributed by atoms with E-state index in [0.717, 1.165) is 35.2 Å². The number of hydrogen-bond donors (Lipinski definition) is 0. The Hall–Kier alpha value is -1.63. The van der Waals surface area contributed by atoms with Crippen molar-refractivity contribution in [1.29, 1.82) is 0 Å². The summed E-state index contributed by atoms with van der Waals surface area (Å²) < 4.78 is 21.1. The third kappa shape index (κ3) is 3.46. The highest BCUT2D eigenvalue weighted by Crippen LogP contribution is 2.60. The van der Waals surface area contributed by atoms with Crippen LogP contribution in [0.4, 0.5) is 0 Å². The van der Waals surface area contributed by atoms with Gasteiger partial charge in [0.1, 0.15) is 0 Å². The van der Waals surface area contributed by atoms with Crippen molar-refractivity contribution in [1.82, 2.24) is 0 Å². The summed E-state index contributed by atoms with van der Waals surface area (Å²) in [5.74, 6) is 0. The Morgan fingerprint density at radius 1 is 0.885 bits per heavy atom. The molecule has 1 atom stereocenters. The van der Waals surface area contributed by atoms with Crippen molar-refractivity contribution in [2.75, 3.05) is 0 Å². The zero-order valence-electron chi connectivity index (χ0n) is 16.2. The van der Waals surface area contributed by atoms with Gasteiger partial charge in [0.2, 0.25) is 0 Å². The van der Waals surface area contributed by atoms with Crippen molar-refractivity contribution in [3.05, 3.63) is 72.1 Å². The zero-order valence-corrected chi connectivity index (χ0v) is 17.1. The highest BCUT2D eigenvalue weighted by atomic mass is 31.2. The molecule has 0 fully saturated rings. The molecule has 2 aromatic rings. The molecule has 0 saturated carbocycles. The molecule has 1 unspecified atom stereocenters. The molecular weight excluding hydrogens is 339 g/mol. The molecule has 138 valence electrons.